The Kier molecular flexibility index (Phi) is 10.2. The van der Waals surface area contributed by atoms with Gasteiger partial charge in [-0.2, -0.15) is 26.3 Å². The van der Waals surface area contributed by atoms with Gasteiger partial charge in [-0.25, -0.2) is 0 Å². The molecule has 6 aromatic carbocycles. The summed E-state index contributed by atoms with van der Waals surface area (Å²) in [7, 11) is 0. The Hall–Kier alpha value is -6.36. The molecule has 0 fully saturated rings. The fraction of sp³-hybridized carbons (Fsp3) is 0.0980. The van der Waals surface area contributed by atoms with Gasteiger partial charge in [-0.3, -0.25) is 0 Å². The van der Waals surface area contributed by atoms with Gasteiger partial charge in [-0.1, -0.05) is 97.1 Å². The van der Waals surface area contributed by atoms with Crippen molar-refractivity contribution >= 4 is 67.9 Å². The lowest BCUT2D eigenvalue weighted by atomic mass is 9.94. The third kappa shape index (κ3) is 6.93. The molecular formula is C51H36F6N2S2. The highest BCUT2D eigenvalue weighted by Gasteiger charge is 2.80. The van der Waals surface area contributed by atoms with E-state index in [9.17, 15) is 0 Å². The molecule has 2 nitrogen and oxygen atoms in total. The monoisotopic (exact) mass is 854 g/mol. The van der Waals surface area contributed by atoms with Crippen molar-refractivity contribution in [1.29, 1.82) is 0 Å². The number of allylic oxidation sites excluding steroid dienone is 2. The summed E-state index contributed by atoms with van der Waals surface area (Å²) in [6, 6.07) is 56.5. The van der Waals surface area contributed by atoms with Gasteiger partial charge in [0.05, 0.1) is 0 Å². The van der Waals surface area contributed by atoms with Crippen LogP contribution in [0.25, 0.3) is 32.0 Å². The summed E-state index contributed by atoms with van der Waals surface area (Å²) < 4.78 is 95.6. The fourth-order valence-electron chi connectivity index (χ4n) is 7.93. The third-order valence-electron chi connectivity index (χ3n) is 10.9. The van der Waals surface area contributed by atoms with E-state index in [-0.39, 0.29) is 20.9 Å². The van der Waals surface area contributed by atoms with Gasteiger partial charge in [0.25, 0.3) is 0 Å². The maximum atomic E-state index is 16.1. The predicted octanol–water partition coefficient (Wildman–Crippen LogP) is 16.5. The van der Waals surface area contributed by atoms with E-state index in [1.807, 2.05) is 170 Å². The quantitative estimate of drug-likeness (QED) is 0.126. The van der Waals surface area contributed by atoms with E-state index in [0.717, 1.165) is 56.8 Å². The van der Waals surface area contributed by atoms with E-state index in [1.54, 1.807) is 0 Å². The van der Waals surface area contributed by atoms with Gasteiger partial charge in [0.2, 0.25) is 0 Å². The van der Waals surface area contributed by atoms with Gasteiger partial charge >= 0.3 is 17.8 Å². The molecular weight excluding hydrogens is 819 g/mol. The number of hydrogen-bond donors (Lipinski definition) is 0. The summed E-state index contributed by atoms with van der Waals surface area (Å²) in [4.78, 5) is 5.53. The molecule has 0 unspecified atom stereocenters. The minimum atomic E-state index is -5.67. The Labute approximate surface area is 357 Å². The van der Waals surface area contributed by atoms with Crippen molar-refractivity contribution in [3.8, 4) is 20.9 Å². The molecule has 1 aliphatic carbocycles. The maximum absolute atomic E-state index is 16.1. The summed E-state index contributed by atoms with van der Waals surface area (Å²) in [6.07, 6.45) is 0. The number of aryl methyl sites for hydroxylation is 2. The average Bonchev–Trinajstić information content (AvgIpc) is 3.88. The molecule has 0 atom stereocenters. The highest BCUT2D eigenvalue weighted by molar-refractivity contribution is 7.16. The van der Waals surface area contributed by atoms with Crippen LogP contribution in [0.15, 0.2) is 182 Å². The first-order chi connectivity index (χ1) is 29.4. The molecule has 61 heavy (non-hydrogen) atoms. The molecule has 8 aromatic rings. The number of alkyl halides is 6. The van der Waals surface area contributed by atoms with Gasteiger partial charge in [-0.05, 0) is 121 Å². The largest absolute Gasteiger partial charge is 0.380 e. The molecule has 0 amide bonds. The third-order valence-corrected chi connectivity index (χ3v) is 13.1. The molecule has 0 saturated heterocycles. The highest BCUT2D eigenvalue weighted by atomic mass is 32.1. The van der Waals surface area contributed by atoms with Gasteiger partial charge in [0.1, 0.15) is 0 Å². The molecule has 0 radical (unpaired) electrons. The van der Waals surface area contributed by atoms with Crippen LogP contribution in [0.1, 0.15) is 20.9 Å². The molecule has 9 rings (SSSR count). The van der Waals surface area contributed by atoms with Crippen LogP contribution in [0.5, 0.6) is 0 Å². The minimum absolute atomic E-state index is 0.222. The Balaban J connectivity index is 1.09. The fourth-order valence-corrected chi connectivity index (χ4v) is 9.99. The Morgan fingerprint density at radius 1 is 0.361 bits per heavy atom. The van der Waals surface area contributed by atoms with Crippen LogP contribution in [-0.2, 0) is 0 Å². The normalized spacial score (nSPS) is 15.2. The Bertz CT molecular complexity index is 2560. The zero-order valence-corrected chi connectivity index (χ0v) is 34.4. The van der Waals surface area contributed by atoms with Crippen LogP contribution < -0.4 is 9.80 Å². The number of thiophene rings is 2. The Morgan fingerprint density at radius 3 is 0.902 bits per heavy atom. The van der Waals surface area contributed by atoms with Crippen molar-refractivity contribution in [2.75, 3.05) is 9.80 Å². The molecule has 0 spiro atoms. The maximum Gasteiger partial charge on any atom is 0.380 e. The van der Waals surface area contributed by atoms with Crippen molar-refractivity contribution in [1.82, 2.24) is 0 Å². The van der Waals surface area contributed by atoms with Gasteiger partial charge in [0.15, 0.2) is 0 Å². The van der Waals surface area contributed by atoms with E-state index >= 15 is 26.3 Å². The van der Waals surface area contributed by atoms with Crippen molar-refractivity contribution in [2.45, 2.75) is 31.6 Å². The van der Waals surface area contributed by atoms with Crippen molar-refractivity contribution in [3.05, 3.63) is 203 Å². The lowest BCUT2D eigenvalue weighted by Gasteiger charge is -2.25. The summed E-state index contributed by atoms with van der Waals surface area (Å²) >= 11 is 2.19. The van der Waals surface area contributed by atoms with Gasteiger partial charge in [-0.15, -0.1) is 22.7 Å². The topological polar surface area (TPSA) is 6.48 Å². The van der Waals surface area contributed by atoms with Gasteiger partial charge in [0, 0.05) is 64.8 Å². The summed E-state index contributed by atoms with van der Waals surface area (Å²) in [6.45, 7) is 3.00. The summed E-state index contributed by atoms with van der Waals surface area (Å²) in [5.74, 6) is -16.0. The number of para-hydroxylation sites is 4. The van der Waals surface area contributed by atoms with E-state index in [2.05, 4.69) is 9.80 Å². The van der Waals surface area contributed by atoms with E-state index in [1.165, 1.54) is 26.0 Å². The number of halogens is 6. The van der Waals surface area contributed by atoms with E-state index in [0.29, 0.717) is 20.9 Å². The lowest BCUT2D eigenvalue weighted by molar-refractivity contribution is -0.254. The number of anilines is 6. The highest BCUT2D eigenvalue weighted by Crippen LogP contribution is 2.66. The van der Waals surface area contributed by atoms with Gasteiger partial charge < -0.3 is 9.80 Å². The first kappa shape index (κ1) is 40.1. The Morgan fingerprint density at radius 2 is 0.623 bits per heavy atom. The molecule has 0 bridgehead atoms. The molecule has 2 heterocycles. The SMILES string of the molecule is Cc1sc(-c2ccc(N(c3ccccc3)c3ccccc3)cc2)cc1C1=C(c2cc(-c3ccc(N(c4ccccc4)c4ccccc4)cc3)sc2C)C(F)(F)C(F)(F)C1(F)F. The summed E-state index contributed by atoms with van der Waals surface area (Å²) in [5.41, 5.74) is 3.24. The first-order valence-electron chi connectivity index (χ1n) is 19.5. The first-order valence-corrected chi connectivity index (χ1v) is 21.1. The van der Waals surface area contributed by atoms with E-state index < -0.39 is 28.9 Å². The molecule has 0 N–H and O–H groups in total. The minimum Gasteiger partial charge on any atom is -0.311 e. The van der Waals surface area contributed by atoms with Crippen molar-refractivity contribution in [3.63, 3.8) is 0 Å². The number of hydrogen-bond acceptors (Lipinski definition) is 4. The number of benzene rings is 6. The van der Waals surface area contributed by atoms with Crippen LogP contribution in [0.3, 0.4) is 0 Å². The van der Waals surface area contributed by atoms with E-state index in [4.69, 9.17) is 0 Å². The van der Waals surface area contributed by atoms with Crippen LogP contribution in [0.4, 0.5) is 60.5 Å². The average molecular weight is 855 g/mol. The predicted molar refractivity (Wildman–Crippen MR) is 240 cm³/mol. The molecule has 0 saturated carbocycles. The number of nitrogens with zero attached hydrogens (tertiary/aromatic N) is 2. The second-order valence-corrected chi connectivity index (χ2v) is 17.3. The van der Waals surface area contributed by atoms with Crippen LogP contribution in [0.2, 0.25) is 0 Å². The zero-order chi connectivity index (χ0) is 42.5. The molecule has 10 heteroatoms. The second kappa shape index (κ2) is 15.6. The second-order valence-electron chi connectivity index (χ2n) is 14.7. The smallest absolute Gasteiger partial charge is 0.311 e. The number of rotatable bonds is 10. The van der Waals surface area contributed by atoms with Crippen molar-refractivity contribution < 1.29 is 26.3 Å². The van der Waals surface area contributed by atoms with Crippen LogP contribution in [-0.4, -0.2) is 17.8 Å². The van der Waals surface area contributed by atoms with Crippen LogP contribution in [0, 0.1) is 13.8 Å². The zero-order valence-electron chi connectivity index (χ0n) is 32.8. The molecule has 2 aromatic heterocycles. The summed E-state index contributed by atoms with van der Waals surface area (Å²) in [5, 5.41) is 0. The molecule has 1 aliphatic rings. The lowest BCUT2D eigenvalue weighted by Crippen LogP contribution is -2.48. The van der Waals surface area contributed by atoms with Crippen molar-refractivity contribution in [2.24, 2.45) is 0 Å². The molecule has 0 aliphatic heterocycles. The standard InChI is InChI=1S/C51H36F6N2S2/c1-33-43(31-45(60-33)35-23-27-41(28-24-35)58(37-15-7-3-8-16-37)38-17-9-4-10-18-38)47-48(50(54,55)51(56,57)49(47,52)53)44-32-46(61-34(44)2)36-25-29-42(30-26-36)59(39-19-11-5-12-20-39)40-21-13-6-14-22-40/h3-32H,1-2H3. The van der Waals surface area contributed by atoms with Crippen LogP contribution >= 0.6 is 22.7 Å². The molecule has 304 valence electrons.